The summed E-state index contributed by atoms with van der Waals surface area (Å²) in [6, 6.07) is 0. The number of rotatable bonds is 1. The molecule has 0 bridgehead atoms. The molecular formula is C5H4N6O2. The molecule has 0 saturated heterocycles. The van der Waals surface area contributed by atoms with E-state index in [1.54, 1.807) is 0 Å². The van der Waals surface area contributed by atoms with Crippen LogP contribution in [0.5, 0.6) is 0 Å². The van der Waals surface area contributed by atoms with E-state index in [9.17, 15) is 5.21 Å². The average molecular weight is 180 g/mol. The lowest BCUT2D eigenvalue weighted by atomic mass is 10.5. The molecule has 2 heterocycles. The normalized spacial score (nSPS) is 12.2. The monoisotopic (exact) mass is 180 g/mol. The van der Waals surface area contributed by atoms with Crippen LogP contribution in [0.15, 0.2) is 17.9 Å². The zero-order valence-electron chi connectivity index (χ0n) is 6.25. The van der Waals surface area contributed by atoms with Crippen LogP contribution in [-0.4, -0.2) is 30.0 Å². The Morgan fingerprint density at radius 2 is 2.31 bits per heavy atom. The first-order valence-electron chi connectivity index (χ1n) is 3.29. The molecule has 0 radical (unpaired) electrons. The van der Waals surface area contributed by atoms with E-state index in [1.165, 1.54) is 6.33 Å². The highest BCUT2D eigenvalue weighted by atomic mass is 16.6. The Hall–Kier alpha value is -2.25. The van der Waals surface area contributed by atoms with Crippen molar-refractivity contribution < 1.29 is 10.1 Å². The maximum Gasteiger partial charge on any atom is 0.379 e. The van der Waals surface area contributed by atoms with Gasteiger partial charge in [0.15, 0.2) is 11.2 Å². The molecule has 0 amide bonds. The van der Waals surface area contributed by atoms with Gasteiger partial charge < -0.3 is 15.4 Å². The Morgan fingerprint density at radius 1 is 1.46 bits per heavy atom. The molecule has 0 unspecified atom stereocenters. The van der Waals surface area contributed by atoms with Gasteiger partial charge in [0.05, 0.1) is 6.33 Å². The first kappa shape index (κ1) is 7.40. The van der Waals surface area contributed by atoms with Crippen LogP contribution in [-0.2, 0) is 0 Å². The van der Waals surface area contributed by atoms with Gasteiger partial charge >= 0.3 is 5.82 Å². The number of H-pyrrole nitrogens is 1. The van der Waals surface area contributed by atoms with Gasteiger partial charge in [-0.1, -0.05) is 4.86 Å². The van der Waals surface area contributed by atoms with Crippen molar-refractivity contribution in [1.29, 1.82) is 0 Å². The van der Waals surface area contributed by atoms with Gasteiger partial charge in [0.25, 0.3) is 0 Å². The molecule has 0 fully saturated rings. The summed E-state index contributed by atoms with van der Waals surface area (Å²) in [7, 11) is 0. The number of nitrogens with one attached hydrogen (secondary N) is 1. The minimum Gasteiger partial charge on any atom is -0.688 e. The number of fused-ring (bicyclic) bond motifs is 1. The predicted molar refractivity (Wildman–Crippen MR) is 39.2 cm³/mol. The van der Waals surface area contributed by atoms with E-state index in [1.807, 2.05) is 0 Å². The maximum absolute atomic E-state index is 10.9. The van der Waals surface area contributed by atoms with Gasteiger partial charge in [-0.3, -0.25) is 0 Å². The van der Waals surface area contributed by atoms with Crippen molar-refractivity contribution in [2.45, 2.75) is 0 Å². The fraction of sp³-hybridized carbons (Fsp3) is 0. The molecule has 0 aromatic carbocycles. The van der Waals surface area contributed by atoms with Gasteiger partial charge in [0.2, 0.25) is 6.33 Å². The number of imidazole rings is 1. The van der Waals surface area contributed by atoms with Crippen molar-refractivity contribution in [1.82, 2.24) is 19.9 Å². The number of hydrogen-bond acceptors (Lipinski definition) is 5. The summed E-state index contributed by atoms with van der Waals surface area (Å²) >= 11 is 0. The lowest BCUT2D eigenvalue weighted by molar-refractivity contribution is -0.476. The fourth-order valence-corrected chi connectivity index (χ4v) is 0.940. The second kappa shape index (κ2) is 2.66. The number of aromatic nitrogens is 4. The van der Waals surface area contributed by atoms with E-state index in [0.29, 0.717) is 11.2 Å². The summed E-state index contributed by atoms with van der Waals surface area (Å²) in [5.74, 6) is -0.0787. The third-order valence-corrected chi connectivity index (χ3v) is 1.47. The Bertz CT molecular complexity index is 463. The minimum atomic E-state index is -0.0787. The molecule has 2 aromatic rings. The summed E-state index contributed by atoms with van der Waals surface area (Å²) in [5.41, 5.74) is 0.671. The molecule has 2 rings (SSSR count). The molecule has 0 spiro atoms. The lowest BCUT2D eigenvalue weighted by Crippen LogP contribution is -1.96. The van der Waals surface area contributed by atoms with Crippen LogP contribution in [0.2, 0.25) is 0 Å². The van der Waals surface area contributed by atoms with Crippen molar-refractivity contribution in [2.75, 3.05) is 0 Å². The van der Waals surface area contributed by atoms with Gasteiger partial charge in [0.1, 0.15) is 5.28 Å². The van der Waals surface area contributed by atoms with Crippen molar-refractivity contribution in [3.05, 3.63) is 17.9 Å². The zero-order valence-corrected chi connectivity index (χ0v) is 6.25. The molecule has 0 aliphatic carbocycles. The second-order valence-electron chi connectivity index (χ2n) is 2.16. The average Bonchev–Trinajstić information content (AvgIpc) is 2.63. The molecule has 8 heteroatoms. The van der Waals surface area contributed by atoms with Crippen LogP contribution in [0, 0.1) is 5.21 Å². The van der Waals surface area contributed by atoms with Crippen LogP contribution < -0.4 is 0 Å². The van der Waals surface area contributed by atoms with E-state index in [0.717, 1.165) is 6.33 Å². The van der Waals surface area contributed by atoms with Crippen LogP contribution in [0.25, 0.3) is 11.2 Å². The molecule has 2 aromatic heterocycles. The zero-order chi connectivity index (χ0) is 9.26. The van der Waals surface area contributed by atoms with Crippen LogP contribution in [0.4, 0.5) is 5.82 Å². The Labute approximate surface area is 71.1 Å². The summed E-state index contributed by atoms with van der Waals surface area (Å²) < 4.78 is 0. The molecule has 0 aliphatic rings. The van der Waals surface area contributed by atoms with Crippen LogP contribution in [0.3, 0.4) is 0 Å². The van der Waals surface area contributed by atoms with E-state index >= 15 is 0 Å². The first-order chi connectivity index (χ1) is 6.33. The Morgan fingerprint density at radius 3 is 3.08 bits per heavy atom. The van der Waals surface area contributed by atoms with Crippen molar-refractivity contribution in [3.63, 3.8) is 0 Å². The number of hydrogen-bond donors (Lipinski definition) is 2. The van der Waals surface area contributed by atoms with Crippen LogP contribution >= 0.6 is 0 Å². The molecule has 0 saturated carbocycles. The topological polar surface area (TPSA) is 113 Å². The van der Waals surface area contributed by atoms with Crippen LogP contribution in [0.1, 0.15) is 0 Å². The van der Waals surface area contributed by atoms with Gasteiger partial charge in [-0.05, 0) is 4.98 Å². The smallest absolute Gasteiger partial charge is 0.379 e. The molecule has 0 aliphatic heterocycles. The van der Waals surface area contributed by atoms with Gasteiger partial charge in [0, 0.05) is 0 Å². The lowest BCUT2D eigenvalue weighted by Gasteiger charge is -1.97. The van der Waals surface area contributed by atoms with E-state index in [-0.39, 0.29) is 10.7 Å². The van der Waals surface area contributed by atoms with Crippen molar-refractivity contribution in [3.8, 4) is 0 Å². The molecule has 2 N–H and O–H groups in total. The predicted octanol–water partition coefficient (Wildman–Crippen LogP) is 0.336. The third kappa shape index (κ3) is 1.04. The fourth-order valence-electron chi connectivity index (χ4n) is 0.940. The van der Waals surface area contributed by atoms with Gasteiger partial charge in [-0.2, -0.15) is 4.98 Å². The summed E-state index contributed by atoms with van der Waals surface area (Å²) in [6.07, 6.45) is 2.53. The SMILES string of the molecule is [O-][N+](=NO)c1ncnc2nc[nH]c12. The highest BCUT2D eigenvalue weighted by Crippen LogP contribution is 2.16. The Balaban J connectivity index is 2.75. The van der Waals surface area contributed by atoms with E-state index < -0.39 is 0 Å². The highest BCUT2D eigenvalue weighted by Gasteiger charge is 2.14. The van der Waals surface area contributed by atoms with Gasteiger partial charge in [-0.25, -0.2) is 4.98 Å². The molecule has 0 atom stereocenters. The summed E-state index contributed by atoms with van der Waals surface area (Å²) in [4.78, 5) is 13.8. The number of nitrogens with zero attached hydrogens (tertiary/aromatic N) is 5. The van der Waals surface area contributed by atoms with Gasteiger partial charge in [-0.15, -0.1) is 0 Å². The molecule has 66 valence electrons. The molecule has 13 heavy (non-hydrogen) atoms. The van der Waals surface area contributed by atoms with E-state index in [2.05, 4.69) is 25.2 Å². The Kier molecular flexibility index (Phi) is 1.51. The quantitative estimate of drug-likeness (QED) is 0.373. The van der Waals surface area contributed by atoms with Crippen molar-refractivity contribution >= 4 is 17.0 Å². The highest BCUT2D eigenvalue weighted by molar-refractivity contribution is 5.77. The standard InChI is InChI=1S/C5H4N6O2/c12-10-11(13)5-3-4(7-1-6-3)8-2-9-5/h1-2,12H,(H,6,7,8,9). The molecule has 8 nitrogen and oxygen atoms in total. The summed E-state index contributed by atoms with van der Waals surface area (Å²) in [6.45, 7) is 0. The number of aromatic amines is 1. The largest absolute Gasteiger partial charge is 0.688 e. The minimum absolute atomic E-state index is 0.0256. The third-order valence-electron chi connectivity index (χ3n) is 1.47. The second-order valence-corrected chi connectivity index (χ2v) is 2.16. The summed E-state index contributed by atoms with van der Waals surface area (Å²) in [5, 5.41) is 21.5. The van der Waals surface area contributed by atoms with E-state index in [4.69, 9.17) is 5.21 Å². The maximum atomic E-state index is 10.9. The first-order valence-corrected chi connectivity index (χ1v) is 3.29. The van der Waals surface area contributed by atoms with Crippen molar-refractivity contribution in [2.24, 2.45) is 5.28 Å². The molecular weight excluding hydrogens is 176 g/mol.